The lowest BCUT2D eigenvalue weighted by molar-refractivity contribution is -0.116. The van der Waals surface area contributed by atoms with Crippen molar-refractivity contribution in [2.45, 2.75) is 6.92 Å². The van der Waals surface area contributed by atoms with Crippen LogP contribution in [0.4, 0.5) is 0 Å². The lowest BCUT2D eigenvalue weighted by Gasteiger charge is -1.96. The number of amides is 1. The van der Waals surface area contributed by atoms with Gasteiger partial charge in [-0.1, -0.05) is 24.8 Å². The third-order valence-corrected chi connectivity index (χ3v) is 1.18. The zero-order chi connectivity index (χ0) is 8.69. The molecule has 0 bridgehead atoms. The van der Waals surface area contributed by atoms with Crippen molar-refractivity contribution in [1.82, 2.24) is 5.32 Å². The molecule has 0 rings (SSSR count). The summed E-state index contributed by atoms with van der Waals surface area (Å²) >= 11 is 0. The zero-order valence-corrected chi connectivity index (χ0v) is 6.92. The smallest absolute Gasteiger partial charge is 0.250 e. The van der Waals surface area contributed by atoms with Gasteiger partial charge >= 0.3 is 0 Å². The topological polar surface area (TPSA) is 29.1 Å². The number of hydrogen-bond donors (Lipinski definition) is 1. The first-order valence-corrected chi connectivity index (χ1v) is 3.43. The molecule has 0 radical (unpaired) electrons. The Bertz CT molecular complexity index is 202. The lowest BCUT2D eigenvalue weighted by Crippen LogP contribution is -2.18. The zero-order valence-electron chi connectivity index (χ0n) is 6.92. The summed E-state index contributed by atoms with van der Waals surface area (Å²) in [5.41, 5.74) is 0.575. The second kappa shape index (κ2) is 5.47. The Kier molecular flexibility index (Phi) is 4.82. The maximum Gasteiger partial charge on any atom is 0.250 e. The molecule has 0 heterocycles. The number of hydrogen-bond acceptors (Lipinski definition) is 1. The van der Waals surface area contributed by atoms with E-state index in [9.17, 15) is 4.79 Å². The molecule has 0 aliphatic rings. The molecule has 0 aromatic heterocycles. The molecule has 0 aromatic rings. The Morgan fingerprint density at radius 3 is 2.55 bits per heavy atom. The van der Waals surface area contributed by atoms with E-state index in [1.165, 1.54) is 6.08 Å². The van der Waals surface area contributed by atoms with Crippen molar-refractivity contribution in [3.8, 4) is 0 Å². The van der Waals surface area contributed by atoms with E-state index in [4.69, 9.17) is 0 Å². The molecule has 0 aliphatic heterocycles. The van der Waals surface area contributed by atoms with Gasteiger partial charge in [0.2, 0.25) is 0 Å². The van der Waals surface area contributed by atoms with Crippen LogP contribution in [0.5, 0.6) is 0 Å². The standard InChI is InChI=1S/C9H13NO/c1-4-6-7-8(5-2)9(11)10-3/h4-7H,2H2,1,3H3,(H,10,11)/b6-4-,8-7+. The average molecular weight is 151 g/mol. The molecule has 60 valence electrons. The van der Waals surface area contributed by atoms with Gasteiger partial charge in [0.1, 0.15) is 0 Å². The molecule has 1 amide bonds. The minimum absolute atomic E-state index is 0.113. The molecule has 0 saturated heterocycles. The highest BCUT2D eigenvalue weighted by atomic mass is 16.1. The van der Waals surface area contributed by atoms with Crippen LogP contribution in [-0.4, -0.2) is 13.0 Å². The van der Waals surface area contributed by atoms with Crippen LogP contribution < -0.4 is 5.32 Å². The molecule has 1 N–H and O–H groups in total. The fraction of sp³-hybridized carbons (Fsp3) is 0.222. The first-order valence-electron chi connectivity index (χ1n) is 3.43. The van der Waals surface area contributed by atoms with Gasteiger partial charge in [-0.2, -0.15) is 0 Å². The summed E-state index contributed by atoms with van der Waals surface area (Å²) in [6, 6.07) is 0. The Morgan fingerprint density at radius 2 is 2.18 bits per heavy atom. The van der Waals surface area contributed by atoms with E-state index in [0.717, 1.165) is 0 Å². The minimum atomic E-state index is -0.113. The molecule has 0 spiro atoms. The van der Waals surface area contributed by atoms with Gasteiger partial charge in [0.25, 0.3) is 5.91 Å². The van der Waals surface area contributed by atoms with Gasteiger partial charge in [-0.05, 0) is 13.0 Å². The van der Waals surface area contributed by atoms with Crippen molar-refractivity contribution >= 4 is 5.91 Å². The van der Waals surface area contributed by atoms with E-state index in [1.54, 1.807) is 19.2 Å². The summed E-state index contributed by atoms with van der Waals surface area (Å²) in [5.74, 6) is -0.113. The molecule has 0 unspecified atom stereocenters. The van der Waals surface area contributed by atoms with Crippen LogP contribution in [0.1, 0.15) is 6.92 Å². The molecular formula is C9H13NO. The number of allylic oxidation sites excluding steroid dienone is 3. The van der Waals surface area contributed by atoms with Crippen molar-refractivity contribution in [3.63, 3.8) is 0 Å². The Hall–Kier alpha value is -1.31. The maximum absolute atomic E-state index is 11.0. The van der Waals surface area contributed by atoms with Crippen LogP contribution in [0.2, 0.25) is 0 Å². The second-order valence-corrected chi connectivity index (χ2v) is 1.93. The fourth-order valence-corrected chi connectivity index (χ4v) is 0.581. The molecule has 11 heavy (non-hydrogen) atoms. The van der Waals surface area contributed by atoms with E-state index in [0.29, 0.717) is 5.57 Å². The molecule has 0 aliphatic carbocycles. The summed E-state index contributed by atoms with van der Waals surface area (Å²) in [4.78, 5) is 11.0. The van der Waals surface area contributed by atoms with Gasteiger partial charge < -0.3 is 5.32 Å². The monoisotopic (exact) mass is 151 g/mol. The molecule has 2 nitrogen and oxygen atoms in total. The van der Waals surface area contributed by atoms with E-state index < -0.39 is 0 Å². The van der Waals surface area contributed by atoms with Gasteiger partial charge in [-0.25, -0.2) is 0 Å². The number of carbonyl (C=O) groups is 1. The normalized spacial score (nSPS) is 11.6. The highest BCUT2D eigenvalue weighted by Gasteiger charge is 1.98. The minimum Gasteiger partial charge on any atom is -0.355 e. The van der Waals surface area contributed by atoms with Crippen LogP contribution >= 0.6 is 0 Å². The van der Waals surface area contributed by atoms with Crippen LogP contribution in [0.3, 0.4) is 0 Å². The highest BCUT2D eigenvalue weighted by Crippen LogP contribution is 1.95. The van der Waals surface area contributed by atoms with Crippen molar-refractivity contribution < 1.29 is 4.79 Å². The van der Waals surface area contributed by atoms with Gasteiger partial charge in [-0.3, -0.25) is 4.79 Å². The van der Waals surface area contributed by atoms with Crippen LogP contribution in [0, 0.1) is 0 Å². The van der Waals surface area contributed by atoms with E-state index >= 15 is 0 Å². The largest absolute Gasteiger partial charge is 0.355 e. The van der Waals surface area contributed by atoms with Gasteiger partial charge in [0, 0.05) is 12.6 Å². The second-order valence-electron chi connectivity index (χ2n) is 1.93. The summed E-state index contributed by atoms with van der Waals surface area (Å²) in [5, 5.41) is 2.51. The predicted molar refractivity (Wildman–Crippen MR) is 47.2 cm³/mol. The molecule has 2 heteroatoms. The van der Waals surface area contributed by atoms with Crippen molar-refractivity contribution in [2.75, 3.05) is 7.05 Å². The van der Waals surface area contributed by atoms with Gasteiger partial charge in [-0.15, -0.1) is 0 Å². The SMILES string of the molecule is C=C/C(=C\C=C/C)C(=O)NC. The van der Waals surface area contributed by atoms with Gasteiger partial charge in [0.15, 0.2) is 0 Å². The summed E-state index contributed by atoms with van der Waals surface area (Å²) in [6.07, 6.45) is 6.89. The molecule has 0 fully saturated rings. The third kappa shape index (κ3) is 3.40. The van der Waals surface area contributed by atoms with Crippen molar-refractivity contribution in [3.05, 3.63) is 36.5 Å². The maximum atomic E-state index is 11.0. The van der Waals surface area contributed by atoms with Gasteiger partial charge in [0.05, 0.1) is 0 Å². The molecule has 0 saturated carbocycles. The summed E-state index contributed by atoms with van der Waals surface area (Å²) in [6.45, 7) is 5.41. The van der Waals surface area contributed by atoms with Crippen molar-refractivity contribution in [1.29, 1.82) is 0 Å². The Balaban J connectivity index is 4.38. The Morgan fingerprint density at radius 1 is 1.55 bits per heavy atom. The van der Waals surface area contributed by atoms with E-state index in [2.05, 4.69) is 11.9 Å². The summed E-state index contributed by atoms with van der Waals surface area (Å²) < 4.78 is 0. The number of nitrogens with one attached hydrogen (secondary N) is 1. The molecule has 0 aromatic carbocycles. The number of carbonyl (C=O) groups excluding carboxylic acids is 1. The fourth-order valence-electron chi connectivity index (χ4n) is 0.581. The number of rotatable bonds is 3. The lowest BCUT2D eigenvalue weighted by atomic mass is 10.2. The molecule has 0 atom stereocenters. The first kappa shape index (κ1) is 9.69. The first-order chi connectivity index (χ1) is 5.26. The quantitative estimate of drug-likeness (QED) is 0.479. The highest BCUT2D eigenvalue weighted by molar-refractivity contribution is 5.96. The van der Waals surface area contributed by atoms with E-state index in [-0.39, 0.29) is 5.91 Å². The third-order valence-electron chi connectivity index (χ3n) is 1.18. The van der Waals surface area contributed by atoms with Crippen molar-refractivity contribution in [2.24, 2.45) is 0 Å². The predicted octanol–water partition coefficient (Wildman–Crippen LogP) is 1.42. The average Bonchev–Trinajstić information content (AvgIpc) is 2.05. The van der Waals surface area contributed by atoms with Crippen LogP contribution in [-0.2, 0) is 4.79 Å². The summed E-state index contributed by atoms with van der Waals surface area (Å²) in [7, 11) is 1.59. The molecular weight excluding hydrogens is 138 g/mol. The Labute approximate surface area is 67.3 Å². The van der Waals surface area contributed by atoms with Crippen LogP contribution in [0.15, 0.2) is 36.5 Å². The van der Waals surface area contributed by atoms with Crippen LogP contribution in [0.25, 0.3) is 0 Å². The van der Waals surface area contributed by atoms with E-state index in [1.807, 2.05) is 13.0 Å². The number of likely N-dealkylation sites (N-methyl/N-ethyl adjacent to an activating group) is 1.